The van der Waals surface area contributed by atoms with Gasteiger partial charge in [-0.25, -0.2) is 13.6 Å². The van der Waals surface area contributed by atoms with Crippen LogP contribution >= 0.6 is 0 Å². The Morgan fingerprint density at radius 1 is 1.32 bits per heavy atom. The Bertz CT molecular complexity index is 825. The van der Waals surface area contributed by atoms with E-state index < -0.39 is 29.4 Å². The van der Waals surface area contributed by atoms with Gasteiger partial charge in [-0.05, 0) is 31.5 Å². The molecule has 1 aliphatic carbocycles. The maximum Gasteiger partial charge on any atom is 0.339 e. The van der Waals surface area contributed by atoms with E-state index in [1.54, 1.807) is 7.05 Å². The van der Waals surface area contributed by atoms with E-state index in [4.69, 9.17) is 9.52 Å². The molecule has 0 saturated heterocycles. The van der Waals surface area contributed by atoms with Gasteiger partial charge in [-0.15, -0.1) is 0 Å². The third kappa shape index (κ3) is 3.26. The van der Waals surface area contributed by atoms with Crippen molar-refractivity contribution in [2.45, 2.75) is 25.8 Å². The highest BCUT2D eigenvalue weighted by Gasteiger charge is 2.47. The molecule has 1 aromatic heterocycles. The first-order valence-electron chi connectivity index (χ1n) is 7.81. The summed E-state index contributed by atoms with van der Waals surface area (Å²) in [5.41, 5.74) is 0.00447. The minimum absolute atomic E-state index is 0.0451. The molecule has 1 fully saturated rings. The van der Waals surface area contributed by atoms with Crippen LogP contribution in [0.25, 0.3) is 0 Å². The molecule has 2 aromatic rings. The van der Waals surface area contributed by atoms with Gasteiger partial charge in [0.05, 0.1) is 6.54 Å². The molecule has 1 saturated carbocycles. The quantitative estimate of drug-likeness (QED) is 0.899. The molecule has 1 N–H and O–H groups in total. The first-order chi connectivity index (χ1) is 11.8. The Morgan fingerprint density at radius 3 is 2.52 bits per heavy atom. The number of halogens is 2. The normalized spacial score (nSPS) is 18.9. The molecule has 0 spiro atoms. The molecule has 7 heteroatoms. The van der Waals surface area contributed by atoms with Crippen LogP contribution in [0.4, 0.5) is 8.78 Å². The summed E-state index contributed by atoms with van der Waals surface area (Å²) in [6.07, 6.45) is 0.387. The van der Waals surface area contributed by atoms with Crippen molar-refractivity contribution in [2.75, 3.05) is 7.05 Å². The van der Waals surface area contributed by atoms with Crippen LogP contribution in [0.1, 0.15) is 39.8 Å². The second-order valence-electron chi connectivity index (χ2n) is 6.27. The largest absolute Gasteiger partial charge is 0.478 e. The van der Waals surface area contributed by atoms with Gasteiger partial charge in [0.2, 0.25) is 5.91 Å². The van der Waals surface area contributed by atoms with Crippen LogP contribution < -0.4 is 0 Å². The van der Waals surface area contributed by atoms with Gasteiger partial charge < -0.3 is 14.4 Å². The second kappa shape index (κ2) is 6.31. The molecule has 0 aliphatic heterocycles. The van der Waals surface area contributed by atoms with Gasteiger partial charge in [-0.2, -0.15) is 0 Å². The molecule has 25 heavy (non-hydrogen) atoms. The van der Waals surface area contributed by atoms with Gasteiger partial charge in [0.1, 0.15) is 28.7 Å². The number of hydrogen-bond acceptors (Lipinski definition) is 3. The number of rotatable bonds is 5. The molecule has 5 nitrogen and oxygen atoms in total. The van der Waals surface area contributed by atoms with E-state index in [0.29, 0.717) is 12.2 Å². The Kier molecular flexibility index (Phi) is 4.32. The fraction of sp³-hybridized carbons (Fsp3) is 0.333. The highest BCUT2D eigenvalue weighted by atomic mass is 19.1. The van der Waals surface area contributed by atoms with E-state index in [2.05, 4.69) is 0 Å². The summed E-state index contributed by atoms with van der Waals surface area (Å²) < 4.78 is 33.0. The van der Waals surface area contributed by atoms with E-state index in [-0.39, 0.29) is 29.3 Å². The zero-order valence-electron chi connectivity index (χ0n) is 13.8. The molecule has 2 atom stereocenters. The smallest absolute Gasteiger partial charge is 0.339 e. The van der Waals surface area contributed by atoms with Crippen LogP contribution in [-0.2, 0) is 11.3 Å². The predicted octanol–water partition coefficient (Wildman–Crippen LogP) is 3.33. The lowest BCUT2D eigenvalue weighted by Gasteiger charge is -2.16. The molecule has 0 bridgehead atoms. The standard InChI is InChI=1S/C18H17F2NO4/c1-9-11(18(23)24)6-10(25-9)8-21(2)17(22)13-7-12(13)16-14(19)4-3-5-15(16)20/h3-6,12-13H,7-8H2,1-2H3,(H,23,24). The van der Waals surface area contributed by atoms with Crippen molar-refractivity contribution in [1.82, 2.24) is 4.90 Å². The van der Waals surface area contributed by atoms with Gasteiger partial charge in [-0.3, -0.25) is 4.79 Å². The number of furan rings is 1. The number of nitrogens with zero attached hydrogens (tertiary/aromatic N) is 1. The van der Waals surface area contributed by atoms with Crippen molar-refractivity contribution in [3.8, 4) is 0 Å². The van der Waals surface area contributed by atoms with Crippen LogP contribution in [0.15, 0.2) is 28.7 Å². The summed E-state index contributed by atoms with van der Waals surface area (Å²) in [6, 6.07) is 5.03. The monoisotopic (exact) mass is 349 g/mol. The minimum atomic E-state index is -1.10. The lowest BCUT2D eigenvalue weighted by atomic mass is 10.1. The van der Waals surface area contributed by atoms with Crippen molar-refractivity contribution < 1.29 is 27.9 Å². The summed E-state index contributed by atoms with van der Waals surface area (Å²) in [7, 11) is 1.55. The van der Waals surface area contributed by atoms with Gasteiger partial charge in [0.25, 0.3) is 0 Å². The van der Waals surface area contributed by atoms with Crippen molar-refractivity contribution in [1.29, 1.82) is 0 Å². The molecule has 1 amide bonds. The topological polar surface area (TPSA) is 70.8 Å². The average molecular weight is 349 g/mol. The zero-order chi connectivity index (χ0) is 18.3. The highest BCUT2D eigenvalue weighted by molar-refractivity contribution is 5.89. The second-order valence-corrected chi connectivity index (χ2v) is 6.27. The van der Waals surface area contributed by atoms with Crippen molar-refractivity contribution in [3.05, 3.63) is 58.5 Å². The van der Waals surface area contributed by atoms with Gasteiger partial charge in [0, 0.05) is 24.4 Å². The van der Waals surface area contributed by atoms with Gasteiger partial charge in [-0.1, -0.05) is 6.07 Å². The third-order valence-corrected chi connectivity index (χ3v) is 4.45. The number of carboxylic acids is 1. The number of benzene rings is 1. The fourth-order valence-corrected chi connectivity index (χ4v) is 3.08. The maximum atomic E-state index is 13.8. The SMILES string of the molecule is Cc1oc(CN(C)C(=O)C2CC2c2c(F)cccc2F)cc1C(=O)O. The molecule has 3 rings (SSSR count). The number of carboxylic acid groups (broad SMARTS) is 1. The van der Waals surface area contributed by atoms with Crippen LogP contribution in [0.2, 0.25) is 0 Å². The highest BCUT2D eigenvalue weighted by Crippen LogP contribution is 2.50. The molecular weight excluding hydrogens is 332 g/mol. The molecule has 1 aliphatic rings. The number of amides is 1. The fourth-order valence-electron chi connectivity index (χ4n) is 3.08. The van der Waals surface area contributed by atoms with Crippen molar-refractivity contribution in [2.24, 2.45) is 5.92 Å². The molecule has 0 radical (unpaired) electrons. The third-order valence-electron chi connectivity index (χ3n) is 4.45. The van der Waals surface area contributed by atoms with Gasteiger partial charge in [0.15, 0.2) is 0 Å². The first kappa shape index (κ1) is 17.1. The Hall–Kier alpha value is -2.70. The van der Waals surface area contributed by atoms with Crippen molar-refractivity contribution >= 4 is 11.9 Å². The Balaban J connectivity index is 1.68. The lowest BCUT2D eigenvalue weighted by Crippen LogP contribution is -2.28. The lowest BCUT2D eigenvalue weighted by molar-refractivity contribution is -0.132. The Labute approximate surface area is 142 Å². The number of carbonyl (C=O) groups excluding carboxylic acids is 1. The number of hydrogen-bond donors (Lipinski definition) is 1. The summed E-state index contributed by atoms with van der Waals surface area (Å²) >= 11 is 0. The van der Waals surface area contributed by atoms with Crippen LogP contribution in [0.5, 0.6) is 0 Å². The zero-order valence-corrected chi connectivity index (χ0v) is 13.8. The van der Waals surface area contributed by atoms with Crippen molar-refractivity contribution in [3.63, 3.8) is 0 Å². The molecular formula is C18H17F2NO4. The van der Waals surface area contributed by atoms with E-state index in [1.807, 2.05) is 0 Å². The number of aryl methyl sites for hydroxylation is 1. The van der Waals surface area contributed by atoms with E-state index in [0.717, 1.165) is 0 Å². The maximum absolute atomic E-state index is 13.8. The molecule has 2 unspecified atom stereocenters. The average Bonchev–Trinajstić information content (AvgIpc) is 3.22. The Morgan fingerprint density at radius 2 is 1.96 bits per heavy atom. The van der Waals surface area contributed by atoms with E-state index in [1.165, 1.54) is 36.1 Å². The van der Waals surface area contributed by atoms with Crippen LogP contribution in [0.3, 0.4) is 0 Å². The summed E-state index contributed by atoms with van der Waals surface area (Å²) in [6.45, 7) is 1.63. The van der Waals surface area contributed by atoms with Crippen LogP contribution in [0, 0.1) is 24.5 Å². The first-order valence-corrected chi connectivity index (χ1v) is 7.81. The molecule has 1 aromatic carbocycles. The summed E-state index contributed by atoms with van der Waals surface area (Å²) in [4.78, 5) is 24.9. The van der Waals surface area contributed by atoms with Crippen LogP contribution in [-0.4, -0.2) is 28.9 Å². The predicted molar refractivity (Wildman–Crippen MR) is 84.1 cm³/mol. The molecule has 1 heterocycles. The minimum Gasteiger partial charge on any atom is -0.478 e. The molecule has 132 valence electrons. The summed E-state index contributed by atoms with van der Waals surface area (Å²) in [5, 5.41) is 9.02. The number of aromatic carboxylic acids is 1. The van der Waals surface area contributed by atoms with Gasteiger partial charge >= 0.3 is 5.97 Å². The summed E-state index contributed by atoms with van der Waals surface area (Å²) in [5.74, 6) is -2.97. The van der Waals surface area contributed by atoms with E-state index >= 15 is 0 Å². The van der Waals surface area contributed by atoms with E-state index in [9.17, 15) is 18.4 Å². The number of carbonyl (C=O) groups is 2.